The van der Waals surface area contributed by atoms with Gasteiger partial charge in [-0.2, -0.15) is 5.10 Å². The number of carbonyl (C=O) groups is 2. The summed E-state index contributed by atoms with van der Waals surface area (Å²) < 4.78 is 0. The predicted octanol–water partition coefficient (Wildman–Crippen LogP) is 2.56. The third kappa shape index (κ3) is 4.07. The lowest BCUT2D eigenvalue weighted by atomic mass is 9.91. The summed E-state index contributed by atoms with van der Waals surface area (Å²) in [4.78, 5) is 23.7. The largest absolute Gasteiger partial charge is 0.354 e. The molecule has 1 aliphatic rings. The molecule has 1 aromatic carbocycles. The van der Waals surface area contributed by atoms with E-state index in [0.29, 0.717) is 5.69 Å². The Kier molecular flexibility index (Phi) is 5.16. The molecule has 2 amide bonds. The molecule has 0 spiro atoms. The van der Waals surface area contributed by atoms with Gasteiger partial charge in [-0.15, -0.1) is 0 Å². The minimum atomic E-state index is -0.116. The zero-order valence-electron chi connectivity index (χ0n) is 14.6. The van der Waals surface area contributed by atoms with Gasteiger partial charge in [0.2, 0.25) is 5.91 Å². The van der Waals surface area contributed by atoms with E-state index in [0.717, 1.165) is 42.5 Å². The maximum atomic E-state index is 12.6. The van der Waals surface area contributed by atoms with Crippen LogP contribution in [0.3, 0.4) is 0 Å². The Hall–Kier alpha value is -2.63. The second-order valence-electron chi connectivity index (χ2n) is 6.66. The molecule has 1 aliphatic carbocycles. The Balaban J connectivity index is 1.61. The molecule has 3 rings (SSSR count). The van der Waals surface area contributed by atoms with Gasteiger partial charge in [0.1, 0.15) is 5.69 Å². The number of rotatable bonds is 4. The first-order valence-corrected chi connectivity index (χ1v) is 8.73. The second-order valence-corrected chi connectivity index (χ2v) is 6.66. The Morgan fingerprint density at radius 2 is 1.64 bits per heavy atom. The van der Waals surface area contributed by atoms with Crippen molar-refractivity contribution in [3.8, 4) is 11.3 Å². The van der Waals surface area contributed by atoms with Crippen LogP contribution in [0, 0.1) is 6.92 Å². The Labute approximate surface area is 147 Å². The highest BCUT2D eigenvalue weighted by Crippen LogP contribution is 2.24. The number of hydrogen-bond acceptors (Lipinski definition) is 3. The molecule has 6 nitrogen and oxygen atoms in total. The number of aromatic amines is 1. The molecule has 1 heterocycles. The van der Waals surface area contributed by atoms with E-state index in [1.807, 2.05) is 37.3 Å². The fraction of sp³-hybridized carbons (Fsp3) is 0.421. The van der Waals surface area contributed by atoms with Gasteiger partial charge in [-0.05, 0) is 32.6 Å². The van der Waals surface area contributed by atoms with Crippen molar-refractivity contribution in [1.82, 2.24) is 20.8 Å². The number of carbonyl (C=O) groups excluding carboxylic acids is 2. The number of hydrogen-bond donors (Lipinski definition) is 3. The van der Waals surface area contributed by atoms with Crippen LogP contribution in [0.2, 0.25) is 0 Å². The van der Waals surface area contributed by atoms with Gasteiger partial charge in [0.05, 0.1) is 5.69 Å². The quantitative estimate of drug-likeness (QED) is 0.799. The molecule has 132 valence electrons. The van der Waals surface area contributed by atoms with Gasteiger partial charge < -0.3 is 10.6 Å². The normalized spacial score (nSPS) is 20.1. The summed E-state index contributed by atoms with van der Waals surface area (Å²) in [6, 6.07) is 10.2. The van der Waals surface area contributed by atoms with Crippen LogP contribution in [0.15, 0.2) is 30.3 Å². The first kappa shape index (κ1) is 17.2. The van der Waals surface area contributed by atoms with E-state index in [1.165, 1.54) is 0 Å². The second kappa shape index (κ2) is 7.51. The molecule has 0 radical (unpaired) electrons. The highest BCUT2D eigenvalue weighted by atomic mass is 16.2. The maximum absolute atomic E-state index is 12.6. The van der Waals surface area contributed by atoms with Crippen LogP contribution in [0.5, 0.6) is 0 Å². The summed E-state index contributed by atoms with van der Waals surface area (Å²) >= 11 is 0. The summed E-state index contributed by atoms with van der Waals surface area (Å²) in [6.07, 6.45) is 3.52. The summed E-state index contributed by atoms with van der Waals surface area (Å²) in [7, 11) is 0. The number of nitrogens with one attached hydrogen (secondary N) is 3. The number of benzene rings is 1. The molecule has 3 N–H and O–H groups in total. The number of amides is 2. The highest BCUT2D eigenvalue weighted by molar-refractivity contribution is 5.95. The average Bonchev–Trinajstić information content (AvgIpc) is 2.98. The first-order valence-electron chi connectivity index (χ1n) is 8.73. The molecule has 1 saturated carbocycles. The zero-order valence-corrected chi connectivity index (χ0v) is 14.6. The molecule has 0 bridgehead atoms. The average molecular weight is 340 g/mol. The Morgan fingerprint density at radius 3 is 2.24 bits per heavy atom. The summed E-state index contributed by atoms with van der Waals surface area (Å²) in [5.74, 6) is -0.107. The third-order valence-electron chi connectivity index (χ3n) is 4.75. The van der Waals surface area contributed by atoms with Gasteiger partial charge in [0, 0.05) is 30.1 Å². The fourth-order valence-electron chi connectivity index (χ4n) is 3.42. The predicted molar refractivity (Wildman–Crippen MR) is 96.1 cm³/mol. The number of aromatic nitrogens is 2. The number of nitrogens with zero attached hydrogens (tertiary/aromatic N) is 1. The van der Waals surface area contributed by atoms with Crippen LogP contribution in [0.25, 0.3) is 11.3 Å². The van der Waals surface area contributed by atoms with Gasteiger partial charge in [-0.25, -0.2) is 0 Å². The molecular formula is C19H24N4O2. The van der Waals surface area contributed by atoms with Crippen molar-refractivity contribution in [2.75, 3.05) is 0 Å². The van der Waals surface area contributed by atoms with Gasteiger partial charge in [-0.1, -0.05) is 30.3 Å². The van der Waals surface area contributed by atoms with Crippen molar-refractivity contribution in [3.05, 3.63) is 41.6 Å². The van der Waals surface area contributed by atoms with Crippen molar-refractivity contribution >= 4 is 11.8 Å². The van der Waals surface area contributed by atoms with Gasteiger partial charge in [0.15, 0.2) is 0 Å². The molecule has 0 unspecified atom stereocenters. The van der Waals surface area contributed by atoms with Crippen molar-refractivity contribution in [2.45, 2.75) is 51.6 Å². The van der Waals surface area contributed by atoms with Crippen LogP contribution in [-0.4, -0.2) is 34.1 Å². The van der Waals surface area contributed by atoms with Gasteiger partial charge >= 0.3 is 0 Å². The molecule has 0 atom stereocenters. The van der Waals surface area contributed by atoms with Crippen LogP contribution in [0.1, 0.15) is 48.7 Å². The smallest absolute Gasteiger partial charge is 0.269 e. The molecule has 1 fully saturated rings. The van der Waals surface area contributed by atoms with Crippen molar-refractivity contribution in [3.63, 3.8) is 0 Å². The van der Waals surface area contributed by atoms with Crippen LogP contribution < -0.4 is 10.6 Å². The molecule has 6 heteroatoms. The molecule has 0 saturated heterocycles. The number of H-pyrrole nitrogens is 1. The lowest BCUT2D eigenvalue weighted by Gasteiger charge is -2.29. The minimum absolute atomic E-state index is 0.00834. The van der Waals surface area contributed by atoms with Crippen LogP contribution >= 0.6 is 0 Å². The summed E-state index contributed by atoms with van der Waals surface area (Å²) in [5.41, 5.74) is 3.17. The molecular weight excluding hydrogens is 316 g/mol. The highest BCUT2D eigenvalue weighted by Gasteiger charge is 2.25. The van der Waals surface area contributed by atoms with E-state index in [9.17, 15) is 9.59 Å². The first-order chi connectivity index (χ1) is 12.0. The standard InChI is InChI=1S/C19H24N4O2/c1-12-17(14-6-4-3-5-7-14)22-23-18(12)19(25)21-16-10-8-15(9-11-16)20-13(2)24/h3-7,15-16H,8-11H2,1-2H3,(H,20,24)(H,21,25)(H,22,23). The van der Waals surface area contributed by atoms with Gasteiger partial charge in [0.25, 0.3) is 5.91 Å². The van der Waals surface area contributed by atoms with Crippen LogP contribution in [0.4, 0.5) is 0 Å². The van der Waals surface area contributed by atoms with E-state index in [1.54, 1.807) is 6.92 Å². The van der Waals surface area contributed by atoms with E-state index < -0.39 is 0 Å². The lowest BCUT2D eigenvalue weighted by Crippen LogP contribution is -2.43. The van der Waals surface area contributed by atoms with E-state index in [2.05, 4.69) is 20.8 Å². The maximum Gasteiger partial charge on any atom is 0.269 e. The van der Waals surface area contributed by atoms with Crippen LogP contribution in [-0.2, 0) is 4.79 Å². The Bertz CT molecular complexity index is 746. The summed E-state index contributed by atoms with van der Waals surface area (Å²) in [6.45, 7) is 3.45. The monoisotopic (exact) mass is 340 g/mol. The SMILES string of the molecule is CC(=O)NC1CCC(NC(=O)c2[nH]nc(-c3ccccc3)c2C)CC1. The minimum Gasteiger partial charge on any atom is -0.354 e. The third-order valence-corrected chi connectivity index (χ3v) is 4.75. The van der Waals surface area contributed by atoms with Gasteiger partial charge in [-0.3, -0.25) is 14.7 Å². The topological polar surface area (TPSA) is 86.9 Å². The lowest BCUT2D eigenvalue weighted by molar-refractivity contribution is -0.119. The molecule has 1 aromatic heterocycles. The van der Waals surface area contributed by atoms with E-state index in [4.69, 9.17) is 0 Å². The summed E-state index contributed by atoms with van der Waals surface area (Å²) in [5, 5.41) is 13.2. The fourth-order valence-corrected chi connectivity index (χ4v) is 3.42. The molecule has 25 heavy (non-hydrogen) atoms. The molecule has 0 aliphatic heterocycles. The van der Waals surface area contributed by atoms with E-state index in [-0.39, 0.29) is 23.9 Å². The zero-order chi connectivity index (χ0) is 17.8. The van der Waals surface area contributed by atoms with E-state index >= 15 is 0 Å². The van der Waals surface area contributed by atoms with Crippen molar-refractivity contribution in [2.24, 2.45) is 0 Å². The Morgan fingerprint density at radius 1 is 1.04 bits per heavy atom. The molecule has 2 aromatic rings. The van der Waals surface area contributed by atoms with Crippen molar-refractivity contribution in [1.29, 1.82) is 0 Å². The van der Waals surface area contributed by atoms with Crippen molar-refractivity contribution < 1.29 is 9.59 Å².